The van der Waals surface area contributed by atoms with Crippen molar-refractivity contribution in [3.63, 3.8) is 0 Å². The molecule has 0 spiro atoms. The van der Waals surface area contributed by atoms with Crippen LogP contribution >= 0.6 is 11.8 Å². The molecule has 0 heterocycles. The van der Waals surface area contributed by atoms with E-state index < -0.39 is 12.8 Å². The van der Waals surface area contributed by atoms with Crippen LogP contribution in [-0.2, 0) is 4.74 Å². The average molecular weight is 307 g/mol. The lowest BCUT2D eigenvalue weighted by Crippen LogP contribution is -2.26. The molecule has 0 unspecified atom stereocenters. The topological polar surface area (TPSA) is 38.3 Å². The predicted molar refractivity (Wildman–Crippen MR) is 72.0 cm³/mol. The van der Waals surface area contributed by atoms with Crippen molar-refractivity contribution in [2.75, 3.05) is 26.0 Å². The Bertz CT molecular complexity index is 421. The zero-order valence-corrected chi connectivity index (χ0v) is 11.8. The third-order valence-electron chi connectivity index (χ3n) is 2.37. The van der Waals surface area contributed by atoms with Gasteiger partial charge in [-0.1, -0.05) is 0 Å². The van der Waals surface area contributed by atoms with Crippen molar-refractivity contribution in [3.05, 3.63) is 29.8 Å². The van der Waals surface area contributed by atoms with Crippen LogP contribution in [-0.4, -0.2) is 38.1 Å². The molecule has 1 aromatic carbocycles. The zero-order valence-electron chi connectivity index (χ0n) is 11.0. The van der Waals surface area contributed by atoms with E-state index in [1.165, 1.54) is 0 Å². The Morgan fingerprint density at radius 3 is 2.50 bits per heavy atom. The van der Waals surface area contributed by atoms with Crippen molar-refractivity contribution < 1.29 is 22.7 Å². The van der Waals surface area contributed by atoms with Crippen molar-refractivity contribution in [1.29, 1.82) is 0 Å². The number of alkyl halides is 3. The second-order valence-electron chi connectivity index (χ2n) is 4.01. The molecule has 20 heavy (non-hydrogen) atoms. The number of carbonyl (C=O) groups excluding carboxylic acids is 1. The van der Waals surface area contributed by atoms with E-state index in [0.29, 0.717) is 12.0 Å². The Morgan fingerprint density at radius 1 is 1.30 bits per heavy atom. The minimum absolute atomic E-state index is 0.0365. The fourth-order valence-electron chi connectivity index (χ4n) is 1.41. The van der Waals surface area contributed by atoms with Crippen LogP contribution in [0, 0.1) is 0 Å². The van der Waals surface area contributed by atoms with E-state index in [-0.39, 0.29) is 19.1 Å². The number of hydrogen-bond acceptors (Lipinski definition) is 3. The van der Waals surface area contributed by atoms with Gasteiger partial charge in [0.15, 0.2) is 0 Å². The van der Waals surface area contributed by atoms with Crippen molar-refractivity contribution >= 4 is 17.7 Å². The van der Waals surface area contributed by atoms with Gasteiger partial charge in [0.1, 0.15) is 6.61 Å². The maximum Gasteiger partial charge on any atom is 0.411 e. The first-order valence-electron chi connectivity index (χ1n) is 5.99. The molecule has 3 nitrogen and oxygen atoms in total. The molecule has 0 aromatic heterocycles. The van der Waals surface area contributed by atoms with E-state index in [9.17, 15) is 18.0 Å². The van der Waals surface area contributed by atoms with Crippen LogP contribution in [0.25, 0.3) is 0 Å². The van der Waals surface area contributed by atoms with Gasteiger partial charge in [-0.15, -0.1) is 11.8 Å². The van der Waals surface area contributed by atoms with Crippen molar-refractivity contribution in [2.24, 2.45) is 0 Å². The molecule has 0 bridgehead atoms. The number of nitrogens with one attached hydrogen (secondary N) is 1. The molecular weight excluding hydrogens is 291 g/mol. The summed E-state index contributed by atoms with van der Waals surface area (Å²) in [6.07, 6.45) is -2.02. The number of hydrogen-bond donors (Lipinski definition) is 1. The van der Waals surface area contributed by atoms with E-state index in [2.05, 4.69) is 10.1 Å². The number of halogens is 3. The molecule has 1 rings (SSSR count). The summed E-state index contributed by atoms with van der Waals surface area (Å²) in [6.45, 7) is -1.01. The second kappa shape index (κ2) is 8.16. The van der Waals surface area contributed by atoms with Crippen LogP contribution in [0.4, 0.5) is 13.2 Å². The summed E-state index contributed by atoms with van der Waals surface area (Å²) < 4.78 is 39.8. The lowest BCUT2D eigenvalue weighted by molar-refractivity contribution is -0.173. The van der Waals surface area contributed by atoms with E-state index in [4.69, 9.17) is 0 Å². The first-order chi connectivity index (χ1) is 9.42. The molecule has 1 N–H and O–H groups in total. The van der Waals surface area contributed by atoms with Gasteiger partial charge >= 0.3 is 6.18 Å². The molecule has 0 aliphatic rings. The largest absolute Gasteiger partial charge is 0.411 e. The fraction of sp³-hybridized carbons (Fsp3) is 0.462. The monoisotopic (exact) mass is 307 g/mol. The van der Waals surface area contributed by atoms with E-state index in [1.807, 2.05) is 18.4 Å². The van der Waals surface area contributed by atoms with Gasteiger partial charge in [0, 0.05) is 23.6 Å². The SMILES string of the molecule is CSc1ccc(C(=O)NCCCOCC(F)(F)F)cc1. The minimum atomic E-state index is -4.30. The molecule has 0 aliphatic carbocycles. The molecule has 0 fully saturated rings. The number of rotatable bonds is 7. The molecule has 0 radical (unpaired) electrons. The lowest BCUT2D eigenvalue weighted by atomic mass is 10.2. The Kier molecular flexibility index (Phi) is 6.87. The summed E-state index contributed by atoms with van der Waals surface area (Å²) in [5, 5.41) is 2.63. The highest BCUT2D eigenvalue weighted by Gasteiger charge is 2.27. The molecule has 7 heteroatoms. The molecule has 0 atom stereocenters. The number of amides is 1. The van der Waals surface area contributed by atoms with Gasteiger partial charge in [-0.05, 0) is 36.9 Å². The Hall–Kier alpha value is -1.21. The maximum absolute atomic E-state index is 11.8. The maximum atomic E-state index is 11.8. The molecule has 0 aliphatic heterocycles. The first-order valence-corrected chi connectivity index (χ1v) is 7.21. The van der Waals surface area contributed by atoms with Gasteiger partial charge in [0.2, 0.25) is 0 Å². The van der Waals surface area contributed by atoms with Crippen LogP contribution in [0.2, 0.25) is 0 Å². The molecule has 1 aromatic rings. The van der Waals surface area contributed by atoms with Gasteiger partial charge in [0.05, 0.1) is 0 Å². The molecule has 1 amide bonds. The van der Waals surface area contributed by atoms with Crippen LogP contribution < -0.4 is 5.32 Å². The number of carbonyl (C=O) groups is 1. The van der Waals surface area contributed by atoms with E-state index in [0.717, 1.165) is 4.90 Å². The van der Waals surface area contributed by atoms with Gasteiger partial charge in [0.25, 0.3) is 5.91 Å². The van der Waals surface area contributed by atoms with Crippen LogP contribution in [0.5, 0.6) is 0 Å². The van der Waals surface area contributed by atoms with Crippen LogP contribution in [0.1, 0.15) is 16.8 Å². The summed E-state index contributed by atoms with van der Waals surface area (Å²) in [7, 11) is 0. The van der Waals surface area contributed by atoms with Crippen molar-refractivity contribution in [1.82, 2.24) is 5.32 Å². The van der Waals surface area contributed by atoms with Gasteiger partial charge in [-0.3, -0.25) is 4.79 Å². The zero-order chi connectivity index (χ0) is 15.0. The summed E-state index contributed by atoms with van der Waals surface area (Å²) in [4.78, 5) is 12.8. The van der Waals surface area contributed by atoms with Gasteiger partial charge in [-0.2, -0.15) is 13.2 Å². The van der Waals surface area contributed by atoms with Crippen molar-refractivity contribution in [2.45, 2.75) is 17.5 Å². The first kappa shape index (κ1) is 16.8. The quantitative estimate of drug-likeness (QED) is 0.621. The normalized spacial score (nSPS) is 11.4. The smallest absolute Gasteiger partial charge is 0.372 e. The third-order valence-corrected chi connectivity index (χ3v) is 3.11. The standard InChI is InChI=1S/C13H16F3NO2S/c1-20-11-5-3-10(4-6-11)12(18)17-7-2-8-19-9-13(14,15)16/h3-6H,2,7-9H2,1H3,(H,17,18). The van der Waals surface area contributed by atoms with Crippen molar-refractivity contribution in [3.8, 4) is 0 Å². The second-order valence-corrected chi connectivity index (χ2v) is 4.89. The van der Waals surface area contributed by atoms with Gasteiger partial charge < -0.3 is 10.1 Å². The van der Waals surface area contributed by atoms with E-state index in [1.54, 1.807) is 23.9 Å². The summed E-state index contributed by atoms with van der Waals surface area (Å²) in [5.41, 5.74) is 0.527. The molecule has 112 valence electrons. The highest BCUT2D eigenvalue weighted by Crippen LogP contribution is 2.15. The Morgan fingerprint density at radius 2 is 1.95 bits per heavy atom. The van der Waals surface area contributed by atoms with Crippen LogP contribution in [0.15, 0.2) is 29.2 Å². The molecule has 0 saturated heterocycles. The predicted octanol–water partition coefficient (Wildman–Crippen LogP) is 3.11. The number of thioether (sulfide) groups is 1. The van der Waals surface area contributed by atoms with E-state index >= 15 is 0 Å². The fourth-order valence-corrected chi connectivity index (χ4v) is 1.82. The van der Waals surface area contributed by atoms with Crippen LogP contribution in [0.3, 0.4) is 0 Å². The molecular formula is C13H16F3NO2S. The Balaban J connectivity index is 2.19. The summed E-state index contributed by atoms with van der Waals surface area (Å²) in [6, 6.07) is 7.10. The highest BCUT2D eigenvalue weighted by atomic mass is 32.2. The summed E-state index contributed by atoms with van der Waals surface area (Å²) in [5.74, 6) is -0.242. The highest BCUT2D eigenvalue weighted by molar-refractivity contribution is 7.98. The molecule has 0 saturated carbocycles. The summed E-state index contributed by atoms with van der Waals surface area (Å²) >= 11 is 1.58. The van der Waals surface area contributed by atoms with Gasteiger partial charge in [-0.25, -0.2) is 0 Å². The Labute approximate surface area is 119 Å². The number of ether oxygens (including phenoxy) is 1. The third kappa shape index (κ3) is 6.81. The number of benzene rings is 1. The lowest BCUT2D eigenvalue weighted by Gasteiger charge is -2.08. The average Bonchev–Trinajstić information content (AvgIpc) is 2.41. The minimum Gasteiger partial charge on any atom is -0.372 e.